The van der Waals surface area contributed by atoms with Crippen molar-refractivity contribution in [2.75, 3.05) is 5.32 Å². The van der Waals surface area contributed by atoms with Gasteiger partial charge in [-0.15, -0.1) is 0 Å². The van der Waals surface area contributed by atoms with Crippen molar-refractivity contribution in [3.05, 3.63) is 76.7 Å². The number of allylic oxidation sites excluding steroid dienone is 1. The molecule has 2 nitrogen and oxygen atoms in total. The van der Waals surface area contributed by atoms with Crippen molar-refractivity contribution in [3.8, 4) is 0 Å². The third kappa shape index (κ3) is 4.03. The number of Topliss-reactive ketones (excluding diaryl/α,β-unsaturated/α-hetero) is 1. The summed E-state index contributed by atoms with van der Waals surface area (Å²) < 4.78 is 14.0. The largest absolute Gasteiger partial charge is 0.359 e. The van der Waals surface area contributed by atoms with Gasteiger partial charge in [0.2, 0.25) is 0 Å². The second-order valence-corrected chi connectivity index (χ2v) is 5.26. The lowest BCUT2D eigenvalue weighted by atomic mass is 10.1. The number of halogens is 2. The molecule has 102 valence electrons. The maximum absolute atomic E-state index is 13.0. The Balaban J connectivity index is 1.97. The van der Waals surface area contributed by atoms with E-state index >= 15 is 0 Å². The summed E-state index contributed by atoms with van der Waals surface area (Å²) in [6.45, 7) is 3.80. The Hall–Kier alpha value is -1.94. The van der Waals surface area contributed by atoms with Crippen LogP contribution in [0, 0.1) is 5.82 Å². The molecule has 0 saturated carbocycles. The first-order chi connectivity index (χ1) is 9.54. The topological polar surface area (TPSA) is 29.1 Å². The van der Waals surface area contributed by atoms with Crippen molar-refractivity contribution < 1.29 is 9.18 Å². The standard InChI is InChI=1S/C16H13BrFNO/c1-11(19-15-4-2-3-14(18)10-15)9-16(20)12-5-7-13(17)8-6-12/h2-8,10,19H,1,9H2. The minimum atomic E-state index is -0.331. The van der Waals surface area contributed by atoms with Crippen LogP contribution in [0.3, 0.4) is 0 Å². The Morgan fingerprint density at radius 2 is 1.90 bits per heavy atom. The van der Waals surface area contributed by atoms with Gasteiger partial charge < -0.3 is 5.32 Å². The van der Waals surface area contributed by atoms with E-state index in [1.54, 1.807) is 24.3 Å². The first kappa shape index (κ1) is 14.5. The van der Waals surface area contributed by atoms with E-state index in [1.807, 2.05) is 12.1 Å². The summed E-state index contributed by atoms with van der Waals surface area (Å²) in [4.78, 5) is 12.0. The van der Waals surface area contributed by atoms with Crippen LogP contribution in [-0.4, -0.2) is 5.78 Å². The second kappa shape index (κ2) is 6.48. The molecule has 2 rings (SSSR count). The molecular formula is C16H13BrFNO. The van der Waals surface area contributed by atoms with E-state index in [9.17, 15) is 9.18 Å². The molecule has 1 N–H and O–H groups in total. The van der Waals surface area contributed by atoms with E-state index < -0.39 is 0 Å². The number of benzene rings is 2. The first-order valence-electron chi connectivity index (χ1n) is 6.04. The maximum atomic E-state index is 13.0. The van der Waals surface area contributed by atoms with Gasteiger partial charge in [0.05, 0.1) is 6.42 Å². The lowest BCUT2D eigenvalue weighted by molar-refractivity contribution is 0.0993. The fourth-order valence-electron chi connectivity index (χ4n) is 1.75. The predicted octanol–water partition coefficient (Wildman–Crippen LogP) is 4.79. The summed E-state index contributed by atoms with van der Waals surface area (Å²) in [5.74, 6) is -0.367. The first-order valence-corrected chi connectivity index (χ1v) is 6.83. The van der Waals surface area contributed by atoms with Gasteiger partial charge in [0.15, 0.2) is 5.78 Å². The van der Waals surface area contributed by atoms with Gasteiger partial charge >= 0.3 is 0 Å². The van der Waals surface area contributed by atoms with Crippen LogP contribution in [0.25, 0.3) is 0 Å². The minimum Gasteiger partial charge on any atom is -0.359 e. The molecule has 0 aliphatic rings. The Morgan fingerprint density at radius 1 is 1.20 bits per heavy atom. The van der Waals surface area contributed by atoms with Gasteiger partial charge in [0, 0.05) is 21.4 Å². The fourth-order valence-corrected chi connectivity index (χ4v) is 2.01. The molecule has 0 radical (unpaired) electrons. The Kier molecular flexibility index (Phi) is 4.69. The van der Waals surface area contributed by atoms with Crippen LogP contribution in [0.5, 0.6) is 0 Å². The molecule has 0 bridgehead atoms. The molecule has 0 amide bonds. The van der Waals surface area contributed by atoms with Crippen molar-refractivity contribution >= 4 is 27.4 Å². The van der Waals surface area contributed by atoms with E-state index in [2.05, 4.69) is 27.8 Å². The van der Waals surface area contributed by atoms with E-state index in [4.69, 9.17) is 0 Å². The van der Waals surface area contributed by atoms with Crippen LogP contribution in [0.15, 0.2) is 65.3 Å². The number of carbonyl (C=O) groups is 1. The third-order valence-electron chi connectivity index (χ3n) is 2.69. The average Bonchev–Trinajstić information content (AvgIpc) is 2.39. The number of nitrogens with one attached hydrogen (secondary N) is 1. The van der Waals surface area contributed by atoms with Gasteiger partial charge in [-0.05, 0) is 30.3 Å². The summed E-state index contributed by atoms with van der Waals surface area (Å²) in [6, 6.07) is 13.2. The molecule has 2 aromatic carbocycles. The molecule has 0 saturated heterocycles. The summed E-state index contributed by atoms with van der Waals surface area (Å²) in [7, 11) is 0. The smallest absolute Gasteiger partial charge is 0.168 e. The minimum absolute atomic E-state index is 0.0357. The highest BCUT2D eigenvalue weighted by Gasteiger charge is 2.08. The van der Waals surface area contributed by atoms with Crippen LogP contribution < -0.4 is 5.32 Å². The van der Waals surface area contributed by atoms with Crippen LogP contribution in [0.4, 0.5) is 10.1 Å². The zero-order valence-electron chi connectivity index (χ0n) is 10.7. The molecule has 0 atom stereocenters. The third-order valence-corrected chi connectivity index (χ3v) is 3.21. The van der Waals surface area contributed by atoms with Crippen LogP contribution >= 0.6 is 15.9 Å². The summed E-state index contributed by atoms with van der Waals surface area (Å²) in [5, 5.41) is 2.93. The second-order valence-electron chi connectivity index (χ2n) is 4.35. The molecule has 0 spiro atoms. The van der Waals surface area contributed by atoms with Gasteiger partial charge in [-0.1, -0.05) is 40.7 Å². The molecule has 0 heterocycles. The van der Waals surface area contributed by atoms with Gasteiger partial charge in [-0.25, -0.2) is 4.39 Å². The molecule has 0 aliphatic carbocycles. The molecule has 0 aliphatic heterocycles. The number of anilines is 1. The zero-order valence-corrected chi connectivity index (χ0v) is 12.3. The maximum Gasteiger partial charge on any atom is 0.168 e. The normalized spacial score (nSPS) is 10.1. The summed E-state index contributed by atoms with van der Waals surface area (Å²) >= 11 is 3.32. The van der Waals surface area contributed by atoms with Crippen molar-refractivity contribution in [1.29, 1.82) is 0 Å². The lowest BCUT2D eigenvalue weighted by Gasteiger charge is -2.09. The molecule has 20 heavy (non-hydrogen) atoms. The number of hydrogen-bond donors (Lipinski definition) is 1. The quantitative estimate of drug-likeness (QED) is 0.797. The van der Waals surface area contributed by atoms with E-state index in [1.165, 1.54) is 12.1 Å². The van der Waals surface area contributed by atoms with Crippen LogP contribution in [-0.2, 0) is 0 Å². The molecule has 2 aromatic rings. The highest BCUT2D eigenvalue weighted by Crippen LogP contribution is 2.16. The highest BCUT2D eigenvalue weighted by molar-refractivity contribution is 9.10. The molecular weight excluding hydrogens is 321 g/mol. The van der Waals surface area contributed by atoms with Gasteiger partial charge in [0.25, 0.3) is 0 Å². The van der Waals surface area contributed by atoms with E-state index in [-0.39, 0.29) is 18.0 Å². The Labute approximate surface area is 125 Å². The van der Waals surface area contributed by atoms with Crippen molar-refractivity contribution in [2.24, 2.45) is 0 Å². The Bertz CT molecular complexity index is 637. The summed E-state index contributed by atoms with van der Waals surface area (Å²) in [6.07, 6.45) is 0.165. The van der Waals surface area contributed by atoms with E-state index in [0.29, 0.717) is 16.9 Å². The van der Waals surface area contributed by atoms with Crippen LogP contribution in [0.2, 0.25) is 0 Å². The van der Waals surface area contributed by atoms with Gasteiger partial charge in [-0.2, -0.15) is 0 Å². The number of carbonyl (C=O) groups excluding carboxylic acids is 1. The molecule has 0 aromatic heterocycles. The Morgan fingerprint density at radius 3 is 2.55 bits per heavy atom. The van der Waals surface area contributed by atoms with Gasteiger partial charge in [-0.3, -0.25) is 4.79 Å². The number of rotatable bonds is 5. The highest BCUT2D eigenvalue weighted by atomic mass is 79.9. The van der Waals surface area contributed by atoms with Crippen molar-refractivity contribution in [1.82, 2.24) is 0 Å². The van der Waals surface area contributed by atoms with E-state index in [0.717, 1.165) is 4.47 Å². The van der Waals surface area contributed by atoms with Crippen molar-refractivity contribution in [3.63, 3.8) is 0 Å². The monoisotopic (exact) mass is 333 g/mol. The fraction of sp³-hybridized carbons (Fsp3) is 0.0625. The lowest BCUT2D eigenvalue weighted by Crippen LogP contribution is -2.06. The number of hydrogen-bond acceptors (Lipinski definition) is 2. The predicted molar refractivity (Wildman–Crippen MR) is 82.3 cm³/mol. The summed E-state index contributed by atoms with van der Waals surface area (Å²) in [5.41, 5.74) is 1.73. The number of ketones is 1. The van der Waals surface area contributed by atoms with Crippen molar-refractivity contribution in [2.45, 2.75) is 6.42 Å². The molecule has 4 heteroatoms. The average molecular weight is 334 g/mol. The molecule has 0 fully saturated rings. The SMILES string of the molecule is C=C(CC(=O)c1ccc(Br)cc1)Nc1cccc(F)c1. The van der Waals surface area contributed by atoms with Gasteiger partial charge in [0.1, 0.15) is 5.82 Å². The molecule has 0 unspecified atom stereocenters. The van der Waals surface area contributed by atoms with Crippen LogP contribution in [0.1, 0.15) is 16.8 Å². The zero-order chi connectivity index (χ0) is 14.5.